The summed E-state index contributed by atoms with van der Waals surface area (Å²) in [7, 11) is -0.446. The van der Waals surface area contributed by atoms with Gasteiger partial charge in [-0.15, -0.1) is 24.0 Å². The van der Waals surface area contributed by atoms with E-state index in [1.165, 1.54) is 15.9 Å². The van der Waals surface area contributed by atoms with Crippen molar-refractivity contribution < 1.29 is 9.90 Å². The van der Waals surface area contributed by atoms with E-state index in [-0.39, 0.29) is 24.0 Å². The Bertz CT molecular complexity index is 1050. The Hall–Kier alpha value is -2.49. The van der Waals surface area contributed by atoms with Gasteiger partial charge in [0.05, 0.1) is 5.56 Å². The van der Waals surface area contributed by atoms with E-state index >= 15 is 0 Å². The minimum Gasteiger partial charge on any atom is -0.478 e. The molecule has 35 heavy (non-hydrogen) atoms. The molecule has 4 aromatic carbocycles. The maximum Gasteiger partial charge on any atom is 0.335 e. The summed E-state index contributed by atoms with van der Waals surface area (Å²) in [6.45, 7) is 6.36. The van der Waals surface area contributed by atoms with Crippen LogP contribution in [0.25, 0.3) is 0 Å². The van der Waals surface area contributed by atoms with Gasteiger partial charge in [-0.05, 0) is 53.7 Å². The molecule has 0 spiro atoms. The van der Waals surface area contributed by atoms with Crippen molar-refractivity contribution in [1.29, 1.82) is 0 Å². The van der Waals surface area contributed by atoms with Gasteiger partial charge in [0.25, 0.3) is 0 Å². The van der Waals surface area contributed by atoms with Gasteiger partial charge in [-0.3, -0.25) is 0 Å². The average Bonchev–Trinajstić information content (AvgIpc) is 2.87. The number of hydrogen-bond acceptors (Lipinski definition) is 1. The van der Waals surface area contributed by atoms with Gasteiger partial charge in [0.2, 0.25) is 0 Å². The molecule has 0 aliphatic rings. The topological polar surface area (TPSA) is 37.3 Å². The largest absolute Gasteiger partial charge is 0.478 e. The molecule has 0 aromatic heterocycles. The lowest BCUT2D eigenvalue weighted by atomic mass is 9.84. The Morgan fingerprint density at radius 3 is 1.40 bits per heavy atom. The summed E-state index contributed by atoms with van der Waals surface area (Å²) in [6.07, 6.45) is 0.974. The molecule has 182 valence electrons. The Morgan fingerprint density at radius 1 is 0.686 bits per heavy atom. The third-order valence-corrected chi connectivity index (χ3v) is 8.32. The summed E-state index contributed by atoms with van der Waals surface area (Å²) >= 11 is 0. The Morgan fingerprint density at radius 2 is 1.06 bits per heavy atom. The number of hydrogen-bond donors (Lipinski definition) is 1. The molecule has 0 fully saturated rings. The lowest BCUT2D eigenvalue weighted by molar-refractivity contribution is 0.0694. The van der Waals surface area contributed by atoms with Crippen molar-refractivity contribution in [2.45, 2.75) is 33.1 Å². The van der Waals surface area contributed by atoms with Crippen molar-refractivity contribution in [1.82, 2.24) is 0 Å². The predicted molar refractivity (Wildman–Crippen MR) is 162 cm³/mol. The number of benzene rings is 4. The number of carbonyl (C=O) groups is 1. The molecule has 1 N–H and O–H groups in total. The summed E-state index contributed by atoms with van der Waals surface area (Å²) in [5.41, 5.74) is 1.40. The zero-order valence-electron chi connectivity index (χ0n) is 20.5. The Balaban J connectivity index is 0.000000247. The second kappa shape index (κ2) is 14.8. The fourth-order valence-electron chi connectivity index (χ4n) is 4.24. The van der Waals surface area contributed by atoms with E-state index in [9.17, 15) is 4.79 Å². The zero-order valence-corrected chi connectivity index (χ0v) is 23.8. The van der Waals surface area contributed by atoms with Crippen LogP contribution in [0.2, 0.25) is 0 Å². The zero-order chi connectivity index (χ0) is 24.3. The van der Waals surface area contributed by atoms with Crippen LogP contribution >= 0.6 is 31.9 Å². The third kappa shape index (κ3) is 8.02. The SMILES string of the molecule is CC[C@H](c1ccccc1C(=O)O)C(C)C.I.c1ccc(P(c2ccccc2)c2ccccc2)cc1. The monoisotopic (exact) mass is 596 g/mol. The van der Waals surface area contributed by atoms with Crippen LogP contribution in [-0.4, -0.2) is 11.1 Å². The first-order chi connectivity index (χ1) is 16.5. The van der Waals surface area contributed by atoms with Gasteiger partial charge >= 0.3 is 5.97 Å². The molecule has 0 bridgehead atoms. The molecule has 0 radical (unpaired) electrons. The summed E-state index contributed by atoms with van der Waals surface area (Å²) < 4.78 is 0. The molecule has 0 aliphatic heterocycles. The number of carboxylic acid groups (broad SMARTS) is 1. The van der Waals surface area contributed by atoms with Crippen LogP contribution in [0.5, 0.6) is 0 Å². The van der Waals surface area contributed by atoms with Gasteiger partial charge in [-0.1, -0.05) is 130 Å². The van der Waals surface area contributed by atoms with Crippen LogP contribution in [0, 0.1) is 5.92 Å². The summed E-state index contributed by atoms with van der Waals surface area (Å²) in [4.78, 5) is 11.1. The highest BCUT2D eigenvalue weighted by Crippen LogP contribution is 2.32. The number of halogens is 1. The van der Waals surface area contributed by atoms with E-state index in [1.807, 2.05) is 12.1 Å². The first-order valence-corrected chi connectivity index (χ1v) is 13.1. The summed E-state index contributed by atoms with van der Waals surface area (Å²) in [5.74, 6) is -0.0301. The standard InChI is InChI=1S/C18H15P.C13H18O2.HI/c1-4-10-16(11-5-1)19(17-12-6-2-7-13-17)18-14-8-3-9-15-18;1-4-10(9(2)3)11-7-5-6-8-12(11)13(14)15;/h1-15H;5-10H,4H2,1-3H3,(H,14,15);1H/t;10-;/m.0./s1. The van der Waals surface area contributed by atoms with E-state index in [4.69, 9.17) is 5.11 Å². The molecule has 1 atom stereocenters. The molecule has 0 unspecified atom stereocenters. The first kappa shape index (κ1) is 28.7. The minimum absolute atomic E-state index is 0. The van der Waals surface area contributed by atoms with Crippen molar-refractivity contribution >= 4 is 53.8 Å². The van der Waals surface area contributed by atoms with Gasteiger partial charge in [0.1, 0.15) is 0 Å². The number of aromatic carboxylic acids is 1. The molecule has 2 nitrogen and oxygen atoms in total. The first-order valence-electron chi connectivity index (χ1n) is 11.8. The Labute approximate surface area is 228 Å². The molecular weight excluding hydrogens is 562 g/mol. The van der Waals surface area contributed by atoms with Crippen LogP contribution in [0.3, 0.4) is 0 Å². The second-order valence-electron chi connectivity index (χ2n) is 8.49. The molecule has 0 saturated carbocycles. The van der Waals surface area contributed by atoms with Crippen LogP contribution in [0.15, 0.2) is 115 Å². The lowest BCUT2D eigenvalue weighted by Crippen LogP contribution is -2.20. The lowest BCUT2D eigenvalue weighted by Gasteiger charge is -2.21. The number of carboxylic acids is 1. The van der Waals surface area contributed by atoms with Crippen LogP contribution in [-0.2, 0) is 0 Å². The summed E-state index contributed by atoms with van der Waals surface area (Å²) in [5, 5.41) is 13.3. The van der Waals surface area contributed by atoms with E-state index < -0.39 is 13.9 Å². The molecule has 4 heteroatoms. The fraction of sp³-hybridized carbons (Fsp3) is 0.194. The number of rotatable bonds is 7. The van der Waals surface area contributed by atoms with E-state index in [0.29, 0.717) is 17.4 Å². The van der Waals surface area contributed by atoms with Gasteiger partial charge in [-0.2, -0.15) is 0 Å². The normalized spacial score (nSPS) is 11.2. The maximum absolute atomic E-state index is 11.1. The van der Waals surface area contributed by atoms with Gasteiger partial charge in [0, 0.05) is 0 Å². The van der Waals surface area contributed by atoms with Crippen molar-refractivity contribution in [3.63, 3.8) is 0 Å². The van der Waals surface area contributed by atoms with Crippen LogP contribution in [0.1, 0.15) is 49.0 Å². The van der Waals surface area contributed by atoms with Gasteiger partial charge < -0.3 is 5.11 Å². The van der Waals surface area contributed by atoms with Crippen LogP contribution in [0.4, 0.5) is 0 Å². The van der Waals surface area contributed by atoms with E-state index in [0.717, 1.165) is 12.0 Å². The van der Waals surface area contributed by atoms with Crippen molar-refractivity contribution in [2.24, 2.45) is 5.92 Å². The molecular formula is C31H34IO2P. The van der Waals surface area contributed by atoms with Gasteiger partial charge in [0.15, 0.2) is 0 Å². The smallest absolute Gasteiger partial charge is 0.335 e. The third-order valence-electron chi connectivity index (χ3n) is 5.88. The highest BCUT2D eigenvalue weighted by molar-refractivity contribution is 14.0. The molecule has 4 rings (SSSR count). The summed E-state index contributed by atoms with van der Waals surface area (Å²) in [6, 6.07) is 39.6. The van der Waals surface area contributed by atoms with E-state index in [1.54, 1.807) is 12.1 Å². The van der Waals surface area contributed by atoms with Crippen LogP contribution < -0.4 is 15.9 Å². The minimum atomic E-state index is -0.829. The molecule has 0 aliphatic carbocycles. The molecule has 0 saturated heterocycles. The predicted octanol–water partition coefficient (Wildman–Crippen LogP) is 7.60. The quantitative estimate of drug-likeness (QED) is 0.176. The molecule has 0 amide bonds. The Kier molecular flexibility index (Phi) is 12.2. The highest BCUT2D eigenvalue weighted by atomic mass is 127. The average molecular weight is 596 g/mol. The van der Waals surface area contributed by atoms with E-state index in [2.05, 4.69) is 112 Å². The van der Waals surface area contributed by atoms with Crippen molar-refractivity contribution in [3.8, 4) is 0 Å². The maximum atomic E-state index is 11.1. The van der Waals surface area contributed by atoms with Crippen molar-refractivity contribution in [3.05, 3.63) is 126 Å². The second-order valence-corrected chi connectivity index (χ2v) is 10.7. The molecule has 4 aromatic rings. The van der Waals surface area contributed by atoms with Crippen molar-refractivity contribution in [2.75, 3.05) is 0 Å². The fourth-order valence-corrected chi connectivity index (χ4v) is 6.55. The van der Waals surface area contributed by atoms with Gasteiger partial charge in [-0.25, -0.2) is 4.79 Å². The molecule has 0 heterocycles. The highest BCUT2D eigenvalue weighted by Gasteiger charge is 2.19.